The van der Waals surface area contributed by atoms with E-state index in [0.717, 1.165) is 22.0 Å². The van der Waals surface area contributed by atoms with Crippen molar-refractivity contribution in [1.29, 1.82) is 0 Å². The maximum Gasteiger partial charge on any atom is 0.264 e. The molecule has 11 heteroatoms. The Hall–Kier alpha value is -3.92. The van der Waals surface area contributed by atoms with Crippen LogP contribution < -0.4 is 9.62 Å². The molecule has 0 radical (unpaired) electrons. The largest absolute Gasteiger partial charge is 0.354 e. The van der Waals surface area contributed by atoms with Gasteiger partial charge in [-0.05, 0) is 66.1 Å². The van der Waals surface area contributed by atoms with Crippen LogP contribution in [0.5, 0.6) is 0 Å². The van der Waals surface area contributed by atoms with Crippen molar-refractivity contribution in [3.63, 3.8) is 0 Å². The van der Waals surface area contributed by atoms with E-state index in [2.05, 4.69) is 5.32 Å². The second-order valence-corrected chi connectivity index (χ2v) is 12.8. The molecule has 0 bridgehead atoms. The minimum atomic E-state index is -4.28. The molecule has 0 spiro atoms. The molecule has 44 heavy (non-hydrogen) atoms. The number of hydrogen-bond acceptors (Lipinski definition) is 4. The predicted molar refractivity (Wildman–Crippen MR) is 172 cm³/mol. The summed E-state index contributed by atoms with van der Waals surface area (Å²) in [5.74, 6) is -1.62. The molecular weight excluding hydrogens is 624 g/mol. The second-order valence-electron chi connectivity index (χ2n) is 10.1. The van der Waals surface area contributed by atoms with Crippen LogP contribution in [0.1, 0.15) is 24.5 Å². The number of nitrogens with one attached hydrogen (secondary N) is 1. The summed E-state index contributed by atoms with van der Waals surface area (Å²) in [4.78, 5) is 29.3. The molecule has 4 aromatic carbocycles. The van der Waals surface area contributed by atoms with Gasteiger partial charge in [0.05, 0.1) is 10.6 Å². The lowest BCUT2D eigenvalue weighted by molar-refractivity contribution is -0.140. The second kappa shape index (κ2) is 15.2. The highest BCUT2D eigenvalue weighted by molar-refractivity contribution is 7.92. The summed E-state index contributed by atoms with van der Waals surface area (Å²) in [6, 6.07) is 25.5. The summed E-state index contributed by atoms with van der Waals surface area (Å²) in [6.45, 7) is 1.53. The van der Waals surface area contributed by atoms with Gasteiger partial charge in [0.2, 0.25) is 11.8 Å². The molecule has 0 heterocycles. The highest BCUT2D eigenvalue weighted by Gasteiger charge is 2.34. The smallest absolute Gasteiger partial charge is 0.264 e. The number of halogens is 3. The molecule has 0 saturated heterocycles. The van der Waals surface area contributed by atoms with E-state index in [0.29, 0.717) is 23.6 Å². The van der Waals surface area contributed by atoms with E-state index in [9.17, 15) is 22.4 Å². The molecule has 1 atom stereocenters. The fourth-order valence-electron chi connectivity index (χ4n) is 4.61. The first-order chi connectivity index (χ1) is 21.1. The van der Waals surface area contributed by atoms with Crippen LogP contribution in [0.15, 0.2) is 108 Å². The Kier molecular flexibility index (Phi) is 11.4. The first kappa shape index (κ1) is 33.0. The molecule has 7 nitrogen and oxygen atoms in total. The lowest BCUT2D eigenvalue weighted by atomic mass is 10.0. The molecule has 0 unspecified atom stereocenters. The van der Waals surface area contributed by atoms with Crippen molar-refractivity contribution in [1.82, 2.24) is 10.2 Å². The molecule has 4 rings (SSSR count). The van der Waals surface area contributed by atoms with Gasteiger partial charge in [0.25, 0.3) is 10.0 Å². The first-order valence-corrected chi connectivity index (χ1v) is 16.2. The average Bonchev–Trinajstić information content (AvgIpc) is 3.02. The van der Waals surface area contributed by atoms with Gasteiger partial charge in [-0.2, -0.15) is 0 Å². The van der Waals surface area contributed by atoms with Gasteiger partial charge in [0.1, 0.15) is 18.4 Å². The van der Waals surface area contributed by atoms with E-state index in [1.807, 2.05) is 37.3 Å². The maximum absolute atomic E-state index is 14.4. The quantitative estimate of drug-likeness (QED) is 0.178. The highest BCUT2D eigenvalue weighted by atomic mass is 35.5. The lowest BCUT2D eigenvalue weighted by Crippen LogP contribution is -2.53. The number of rotatable bonds is 13. The van der Waals surface area contributed by atoms with Crippen molar-refractivity contribution >= 4 is 50.7 Å². The van der Waals surface area contributed by atoms with Crippen LogP contribution in [-0.4, -0.2) is 44.3 Å². The maximum atomic E-state index is 14.4. The Morgan fingerprint density at radius 3 is 2.14 bits per heavy atom. The third-order valence-corrected chi connectivity index (χ3v) is 9.28. The summed E-state index contributed by atoms with van der Waals surface area (Å²) in [6.07, 6.45) is 0.837. The van der Waals surface area contributed by atoms with E-state index in [4.69, 9.17) is 23.2 Å². The van der Waals surface area contributed by atoms with Crippen LogP contribution in [0.3, 0.4) is 0 Å². The normalized spacial score (nSPS) is 11.9. The Balaban J connectivity index is 1.80. The monoisotopic (exact) mass is 655 g/mol. The number of sulfonamides is 1. The Bertz CT molecular complexity index is 1670. The lowest BCUT2D eigenvalue weighted by Gasteiger charge is -2.34. The molecule has 0 fully saturated rings. The number of amides is 2. The minimum absolute atomic E-state index is 0.0501. The fraction of sp³-hybridized carbons (Fsp3) is 0.212. The van der Waals surface area contributed by atoms with Crippen molar-refractivity contribution in [3.05, 3.63) is 130 Å². The third kappa shape index (κ3) is 8.37. The van der Waals surface area contributed by atoms with Gasteiger partial charge in [-0.1, -0.05) is 84.7 Å². The van der Waals surface area contributed by atoms with Crippen LogP contribution in [0.4, 0.5) is 10.1 Å². The van der Waals surface area contributed by atoms with E-state index in [-0.39, 0.29) is 28.6 Å². The number of benzene rings is 4. The first-order valence-electron chi connectivity index (χ1n) is 14.0. The van der Waals surface area contributed by atoms with Gasteiger partial charge in [-0.15, -0.1) is 0 Å². The van der Waals surface area contributed by atoms with Crippen molar-refractivity contribution in [2.45, 2.75) is 37.2 Å². The van der Waals surface area contributed by atoms with E-state index in [1.165, 1.54) is 35.2 Å². The molecule has 1 N–H and O–H groups in total. The molecule has 2 amide bonds. The van der Waals surface area contributed by atoms with E-state index in [1.54, 1.807) is 30.3 Å². The number of carbonyl (C=O) groups excluding carboxylic acids is 2. The molecule has 0 aliphatic heterocycles. The standard InChI is InChI=1S/C33H32Cl2FN3O4S/c1-2-19-37-33(41)31(20-24-9-5-3-6-10-24)38(22-25-13-14-26(34)21-30(25)35)32(40)23-39(28-17-15-27(36)16-18-28)44(42,43)29-11-7-4-8-12-29/h3-18,21,31H,2,19-20,22-23H2,1H3,(H,37,41)/t31-/m1/s1. The average molecular weight is 657 g/mol. The zero-order chi connectivity index (χ0) is 31.7. The molecule has 0 aliphatic rings. The topological polar surface area (TPSA) is 86.8 Å². The zero-order valence-electron chi connectivity index (χ0n) is 24.0. The van der Waals surface area contributed by atoms with Crippen LogP contribution in [-0.2, 0) is 32.6 Å². The van der Waals surface area contributed by atoms with Crippen LogP contribution in [0, 0.1) is 5.82 Å². The van der Waals surface area contributed by atoms with Gasteiger partial charge in [-0.3, -0.25) is 13.9 Å². The summed E-state index contributed by atoms with van der Waals surface area (Å²) < 4.78 is 42.6. The SMILES string of the molecule is CCCNC(=O)[C@@H](Cc1ccccc1)N(Cc1ccc(Cl)cc1Cl)C(=O)CN(c1ccc(F)cc1)S(=O)(=O)c1ccccc1. The number of anilines is 1. The molecule has 0 aliphatic carbocycles. The number of nitrogens with zero attached hydrogens (tertiary/aromatic N) is 2. The molecule has 230 valence electrons. The number of hydrogen-bond donors (Lipinski definition) is 1. The van der Waals surface area contributed by atoms with E-state index >= 15 is 0 Å². The molecular formula is C33H32Cl2FN3O4S. The van der Waals surface area contributed by atoms with Crippen molar-refractivity contribution in [2.75, 3.05) is 17.4 Å². The highest BCUT2D eigenvalue weighted by Crippen LogP contribution is 2.27. The summed E-state index contributed by atoms with van der Waals surface area (Å²) >= 11 is 12.6. The predicted octanol–water partition coefficient (Wildman–Crippen LogP) is 6.49. The van der Waals surface area contributed by atoms with Crippen molar-refractivity contribution in [2.24, 2.45) is 0 Å². The Morgan fingerprint density at radius 1 is 0.886 bits per heavy atom. The van der Waals surface area contributed by atoms with Gasteiger partial charge in [-0.25, -0.2) is 12.8 Å². The van der Waals surface area contributed by atoms with Gasteiger partial charge in [0, 0.05) is 29.6 Å². The minimum Gasteiger partial charge on any atom is -0.354 e. The molecule has 4 aromatic rings. The number of carbonyl (C=O) groups is 2. The summed E-state index contributed by atoms with van der Waals surface area (Å²) in [7, 11) is -4.28. The third-order valence-electron chi connectivity index (χ3n) is 6.90. The van der Waals surface area contributed by atoms with Crippen LogP contribution in [0.2, 0.25) is 10.0 Å². The van der Waals surface area contributed by atoms with Gasteiger partial charge in [0.15, 0.2) is 0 Å². The van der Waals surface area contributed by atoms with Crippen molar-refractivity contribution < 1.29 is 22.4 Å². The molecule has 0 saturated carbocycles. The Labute approximate surface area is 267 Å². The Morgan fingerprint density at radius 2 is 1.52 bits per heavy atom. The van der Waals surface area contributed by atoms with Gasteiger partial charge >= 0.3 is 0 Å². The van der Waals surface area contributed by atoms with E-state index < -0.39 is 40.2 Å². The van der Waals surface area contributed by atoms with Crippen molar-refractivity contribution in [3.8, 4) is 0 Å². The zero-order valence-corrected chi connectivity index (χ0v) is 26.3. The summed E-state index contributed by atoms with van der Waals surface area (Å²) in [5.41, 5.74) is 1.41. The molecule has 0 aromatic heterocycles. The van der Waals surface area contributed by atoms with Crippen LogP contribution in [0.25, 0.3) is 0 Å². The van der Waals surface area contributed by atoms with Crippen LogP contribution >= 0.6 is 23.2 Å². The summed E-state index contributed by atoms with van der Waals surface area (Å²) in [5, 5.41) is 3.57. The van der Waals surface area contributed by atoms with Gasteiger partial charge < -0.3 is 10.2 Å². The fourth-order valence-corrected chi connectivity index (χ4v) is 6.51.